The van der Waals surface area contributed by atoms with Gasteiger partial charge in [-0.25, -0.2) is 4.79 Å². The number of hydrogen-bond donors (Lipinski definition) is 2. The summed E-state index contributed by atoms with van der Waals surface area (Å²) in [5, 5.41) is 5.82. The maximum Gasteiger partial charge on any atom is 0.319 e. The highest BCUT2D eigenvalue weighted by Gasteiger charge is 2.16. The van der Waals surface area contributed by atoms with Gasteiger partial charge in [0.05, 0.1) is 5.69 Å². The molecule has 2 N–H and O–H groups in total. The van der Waals surface area contributed by atoms with E-state index in [9.17, 15) is 4.79 Å². The summed E-state index contributed by atoms with van der Waals surface area (Å²) in [6.45, 7) is 3.05. The first-order chi connectivity index (χ1) is 12.1. The molecule has 132 valence electrons. The Balaban J connectivity index is 1.53. The zero-order valence-corrected chi connectivity index (χ0v) is 15.6. The smallest absolute Gasteiger partial charge is 0.319 e. The summed E-state index contributed by atoms with van der Waals surface area (Å²) in [6.07, 6.45) is 1.80. The number of fused-ring (bicyclic) bond motifs is 1. The minimum Gasteiger partial charge on any atom is -0.486 e. The van der Waals surface area contributed by atoms with Gasteiger partial charge in [-0.15, -0.1) is 0 Å². The lowest BCUT2D eigenvalue weighted by atomic mass is 10.1. The fourth-order valence-corrected chi connectivity index (χ4v) is 3.06. The molecule has 0 saturated heterocycles. The Hall–Kier alpha value is -2.21. The van der Waals surface area contributed by atoms with Crippen molar-refractivity contribution < 1.29 is 14.3 Å². The molecule has 0 spiro atoms. The molecule has 6 heteroatoms. The summed E-state index contributed by atoms with van der Waals surface area (Å²) < 4.78 is 11.8. The Kier molecular flexibility index (Phi) is 5.81. The molecular weight excluding hydrogens is 384 g/mol. The molecule has 2 aromatic rings. The molecule has 0 bridgehead atoms. The van der Waals surface area contributed by atoms with Crippen molar-refractivity contribution in [2.24, 2.45) is 0 Å². The van der Waals surface area contributed by atoms with E-state index < -0.39 is 0 Å². The van der Waals surface area contributed by atoms with E-state index in [-0.39, 0.29) is 12.1 Å². The second kappa shape index (κ2) is 8.25. The summed E-state index contributed by atoms with van der Waals surface area (Å²) in [5.74, 6) is 1.32. The molecule has 1 aliphatic rings. The van der Waals surface area contributed by atoms with Gasteiger partial charge in [-0.3, -0.25) is 0 Å². The molecule has 0 saturated carbocycles. The van der Waals surface area contributed by atoms with E-state index in [0.717, 1.165) is 17.3 Å². The number of carbonyl (C=O) groups excluding carboxylic acids is 1. The van der Waals surface area contributed by atoms with Gasteiger partial charge in [0, 0.05) is 22.6 Å². The SMILES string of the molecule is CC(CCc1ccccc1)NC(=O)Nc1cc2c(cc1Br)OCCO2. The molecule has 0 aromatic heterocycles. The van der Waals surface area contributed by atoms with Crippen molar-refractivity contribution in [1.29, 1.82) is 0 Å². The van der Waals surface area contributed by atoms with E-state index in [2.05, 4.69) is 38.7 Å². The molecule has 3 rings (SSSR count). The monoisotopic (exact) mass is 404 g/mol. The summed E-state index contributed by atoms with van der Waals surface area (Å²) in [5.41, 5.74) is 1.92. The highest BCUT2D eigenvalue weighted by atomic mass is 79.9. The van der Waals surface area contributed by atoms with Gasteiger partial charge in [-0.2, -0.15) is 0 Å². The number of amides is 2. The van der Waals surface area contributed by atoms with Crippen LogP contribution >= 0.6 is 15.9 Å². The fourth-order valence-electron chi connectivity index (χ4n) is 2.64. The average molecular weight is 405 g/mol. The third-order valence-corrected chi connectivity index (χ3v) is 4.62. The van der Waals surface area contributed by atoms with E-state index in [1.54, 1.807) is 6.07 Å². The average Bonchev–Trinajstić information content (AvgIpc) is 2.61. The van der Waals surface area contributed by atoms with Crippen LogP contribution < -0.4 is 20.1 Å². The largest absolute Gasteiger partial charge is 0.486 e. The van der Waals surface area contributed by atoms with Gasteiger partial charge in [0.2, 0.25) is 0 Å². The third kappa shape index (κ3) is 4.89. The molecule has 0 radical (unpaired) electrons. The van der Waals surface area contributed by atoms with Crippen LogP contribution in [0.15, 0.2) is 46.9 Å². The number of anilines is 1. The van der Waals surface area contributed by atoms with Crippen molar-refractivity contribution in [1.82, 2.24) is 5.32 Å². The molecule has 2 amide bonds. The number of urea groups is 1. The van der Waals surface area contributed by atoms with E-state index >= 15 is 0 Å². The summed E-state index contributed by atoms with van der Waals surface area (Å²) in [4.78, 5) is 12.2. The van der Waals surface area contributed by atoms with Gasteiger partial charge in [0.15, 0.2) is 11.5 Å². The minimum absolute atomic E-state index is 0.0659. The number of halogens is 1. The van der Waals surface area contributed by atoms with E-state index in [1.165, 1.54) is 5.56 Å². The standard InChI is InChI=1S/C19H21BrN2O3/c1-13(7-8-14-5-3-2-4-6-14)21-19(23)22-16-12-18-17(11-15(16)20)24-9-10-25-18/h2-6,11-13H,7-10H2,1H3,(H2,21,22,23). The molecule has 1 unspecified atom stereocenters. The Bertz CT molecular complexity index is 737. The van der Waals surface area contributed by atoms with Crippen LogP contribution in [0.4, 0.5) is 10.5 Å². The zero-order chi connectivity index (χ0) is 17.6. The number of ether oxygens (including phenoxy) is 2. The zero-order valence-electron chi connectivity index (χ0n) is 14.0. The van der Waals surface area contributed by atoms with Crippen molar-refractivity contribution in [3.63, 3.8) is 0 Å². The first-order valence-corrected chi connectivity index (χ1v) is 9.11. The van der Waals surface area contributed by atoms with Gasteiger partial charge >= 0.3 is 6.03 Å². The predicted molar refractivity (Wildman–Crippen MR) is 102 cm³/mol. The predicted octanol–water partition coefficient (Wildman–Crippen LogP) is 4.36. The second-order valence-electron chi connectivity index (χ2n) is 6.00. The molecular formula is C19H21BrN2O3. The van der Waals surface area contributed by atoms with Crippen LogP contribution in [0.5, 0.6) is 11.5 Å². The molecule has 0 fully saturated rings. The van der Waals surface area contributed by atoms with Crippen LogP contribution in [-0.4, -0.2) is 25.3 Å². The Morgan fingerprint density at radius 2 is 1.84 bits per heavy atom. The molecule has 1 heterocycles. The molecule has 0 aliphatic carbocycles. The number of benzene rings is 2. The first-order valence-electron chi connectivity index (χ1n) is 8.32. The summed E-state index contributed by atoms with van der Waals surface area (Å²) in [7, 11) is 0. The van der Waals surface area contributed by atoms with Crippen molar-refractivity contribution in [2.75, 3.05) is 18.5 Å². The molecule has 5 nitrogen and oxygen atoms in total. The minimum atomic E-state index is -0.238. The van der Waals surface area contributed by atoms with Gasteiger partial charge in [-0.1, -0.05) is 30.3 Å². The van der Waals surface area contributed by atoms with Crippen LogP contribution in [-0.2, 0) is 6.42 Å². The van der Waals surface area contributed by atoms with Crippen molar-refractivity contribution in [3.05, 3.63) is 52.5 Å². The molecule has 25 heavy (non-hydrogen) atoms. The Morgan fingerprint density at radius 1 is 1.16 bits per heavy atom. The second-order valence-corrected chi connectivity index (χ2v) is 6.85. The summed E-state index contributed by atoms with van der Waals surface area (Å²) in [6, 6.07) is 13.7. The number of hydrogen-bond acceptors (Lipinski definition) is 3. The van der Waals surface area contributed by atoms with Gasteiger partial charge in [-0.05, 0) is 41.3 Å². The Morgan fingerprint density at radius 3 is 2.56 bits per heavy atom. The maximum absolute atomic E-state index is 12.2. The van der Waals surface area contributed by atoms with Crippen LogP contribution in [0.3, 0.4) is 0 Å². The van der Waals surface area contributed by atoms with E-state index in [4.69, 9.17) is 9.47 Å². The van der Waals surface area contributed by atoms with Crippen molar-refractivity contribution >= 4 is 27.6 Å². The molecule has 1 aliphatic heterocycles. The lowest BCUT2D eigenvalue weighted by Gasteiger charge is -2.20. The quantitative estimate of drug-likeness (QED) is 0.777. The van der Waals surface area contributed by atoms with Crippen LogP contribution in [0.2, 0.25) is 0 Å². The summed E-state index contributed by atoms with van der Waals surface area (Å²) >= 11 is 3.45. The first kappa shape index (κ1) is 17.6. The number of nitrogens with one attached hydrogen (secondary N) is 2. The fraction of sp³-hybridized carbons (Fsp3) is 0.316. The van der Waals surface area contributed by atoms with Crippen molar-refractivity contribution in [2.45, 2.75) is 25.8 Å². The van der Waals surface area contributed by atoms with Crippen LogP contribution in [0.25, 0.3) is 0 Å². The van der Waals surface area contributed by atoms with Crippen LogP contribution in [0, 0.1) is 0 Å². The van der Waals surface area contributed by atoms with E-state index in [1.807, 2.05) is 31.2 Å². The topological polar surface area (TPSA) is 59.6 Å². The third-order valence-electron chi connectivity index (χ3n) is 3.97. The lowest BCUT2D eigenvalue weighted by molar-refractivity contribution is 0.171. The van der Waals surface area contributed by atoms with Gasteiger partial charge in [0.1, 0.15) is 13.2 Å². The Labute approximate surface area is 155 Å². The number of aryl methyl sites for hydroxylation is 1. The molecule has 2 aromatic carbocycles. The highest BCUT2D eigenvalue weighted by molar-refractivity contribution is 9.10. The van der Waals surface area contributed by atoms with Crippen molar-refractivity contribution in [3.8, 4) is 11.5 Å². The number of carbonyl (C=O) groups is 1. The maximum atomic E-state index is 12.2. The van der Waals surface area contributed by atoms with Gasteiger partial charge in [0.25, 0.3) is 0 Å². The molecule has 1 atom stereocenters. The highest BCUT2D eigenvalue weighted by Crippen LogP contribution is 2.38. The van der Waals surface area contributed by atoms with E-state index in [0.29, 0.717) is 30.4 Å². The lowest BCUT2D eigenvalue weighted by Crippen LogP contribution is -2.36. The number of rotatable bonds is 5. The van der Waals surface area contributed by atoms with Gasteiger partial charge < -0.3 is 20.1 Å². The normalized spacial score (nSPS) is 13.8. The van der Waals surface area contributed by atoms with Crippen LogP contribution in [0.1, 0.15) is 18.9 Å².